The van der Waals surface area contributed by atoms with E-state index in [4.69, 9.17) is 11.6 Å². The molecule has 0 aromatic heterocycles. The van der Waals surface area contributed by atoms with Gasteiger partial charge in [-0.1, -0.05) is 17.7 Å². The van der Waals surface area contributed by atoms with Gasteiger partial charge in [-0.3, -0.25) is 19.7 Å². The van der Waals surface area contributed by atoms with E-state index in [9.17, 15) is 19.7 Å². The molecule has 7 nitrogen and oxygen atoms in total. The van der Waals surface area contributed by atoms with Crippen molar-refractivity contribution in [2.45, 2.75) is 0 Å². The normalized spacial score (nSPS) is 14.1. The molecule has 0 fully saturated rings. The van der Waals surface area contributed by atoms with Crippen molar-refractivity contribution in [3.63, 3.8) is 0 Å². The molecule has 0 atom stereocenters. The van der Waals surface area contributed by atoms with E-state index in [0.29, 0.717) is 5.06 Å². The van der Waals surface area contributed by atoms with Crippen LogP contribution in [-0.4, -0.2) is 27.9 Å². The lowest BCUT2D eigenvalue weighted by molar-refractivity contribution is -0.385. The van der Waals surface area contributed by atoms with Crippen LogP contribution in [0, 0.1) is 10.1 Å². The number of hydroxylamine groups is 2. The summed E-state index contributed by atoms with van der Waals surface area (Å²) in [4.78, 5) is 38.0. The molecule has 1 aliphatic rings. The molecule has 1 aromatic rings. The third kappa shape index (κ3) is 1.65. The monoisotopic (exact) mass is 256 g/mol. The molecule has 2 rings (SSSR count). The smallest absolute Gasteiger partial charge is 0.266 e. The molecule has 0 saturated carbocycles. The van der Waals surface area contributed by atoms with Crippen LogP contribution >= 0.6 is 11.6 Å². The summed E-state index contributed by atoms with van der Waals surface area (Å²) in [6, 6.07) is 3.39. The van der Waals surface area contributed by atoms with Gasteiger partial charge in [-0.15, -0.1) is 5.06 Å². The average Bonchev–Trinajstić information content (AvgIpc) is 2.55. The van der Waals surface area contributed by atoms with Crippen molar-refractivity contribution in [2.75, 3.05) is 6.07 Å². The Morgan fingerprint density at radius 1 is 1.35 bits per heavy atom. The third-order valence-corrected chi connectivity index (χ3v) is 2.33. The van der Waals surface area contributed by atoms with Crippen LogP contribution in [0.25, 0.3) is 0 Å². The van der Waals surface area contributed by atoms with E-state index in [-0.39, 0.29) is 11.1 Å². The van der Waals surface area contributed by atoms with E-state index >= 15 is 0 Å². The zero-order chi connectivity index (χ0) is 12.6. The Morgan fingerprint density at radius 2 is 2.06 bits per heavy atom. The fourth-order valence-corrected chi connectivity index (χ4v) is 1.66. The highest BCUT2D eigenvalue weighted by molar-refractivity contribution is 6.22. The summed E-state index contributed by atoms with van der Waals surface area (Å²) in [7, 11) is 0. The first-order valence-corrected chi connectivity index (χ1v) is 4.96. The molecule has 0 bridgehead atoms. The minimum atomic E-state index is -0.877. The molecule has 17 heavy (non-hydrogen) atoms. The van der Waals surface area contributed by atoms with E-state index in [1.54, 1.807) is 0 Å². The van der Waals surface area contributed by atoms with Gasteiger partial charge in [0.05, 0.1) is 10.5 Å². The lowest BCUT2D eigenvalue weighted by Crippen LogP contribution is -2.29. The molecule has 0 spiro atoms. The van der Waals surface area contributed by atoms with Gasteiger partial charge in [-0.05, 0) is 6.07 Å². The summed E-state index contributed by atoms with van der Waals surface area (Å²) in [6.07, 6.45) is 0. The van der Waals surface area contributed by atoms with Crippen molar-refractivity contribution in [1.82, 2.24) is 5.06 Å². The number of carbonyl (C=O) groups is 2. The average molecular weight is 257 g/mol. The number of nitro benzene ring substituents is 1. The van der Waals surface area contributed by atoms with Gasteiger partial charge in [0.25, 0.3) is 17.5 Å². The molecule has 0 unspecified atom stereocenters. The third-order valence-electron chi connectivity index (χ3n) is 2.23. The predicted molar refractivity (Wildman–Crippen MR) is 55.4 cm³/mol. The molecule has 0 saturated heterocycles. The van der Waals surface area contributed by atoms with Crippen LogP contribution in [-0.2, 0) is 4.84 Å². The summed E-state index contributed by atoms with van der Waals surface area (Å²) >= 11 is 5.26. The lowest BCUT2D eigenvalue weighted by Gasteiger charge is -2.09. The van der Waals surface area contributed by atoms with Gasteiger partial charge < -0.3 is 0 Å². The first kappa shape index (κ1) is 11.5. The Balaban J connectivity index is 2.57. The number of rotatable bonds is 3. The van der Waals surface area contributed by atoms with E-state index in [0.717, 1.165) is 6.07 Å². The van der Waals surface area contributed by atoms with Gasteiger partial charge in [0.1, 0.15) is 11.6 Å². The van der Waals surface area contributed by atoms with E-state index < -0.39 is 28.5 Å². The maximum absolute atomic E-state index is 11.7. The van der Waals surface area contributed by atoms with E-state index in [1.807, 2.05) is 0 Å². The Hall–Kier alpha value is -1.99. The van der Waals surface area contributed by atoms with Crippen LogP contribution in [0.1, 0.15) is 20.7 Å². The van der Waals surface area contributed by atoms with E-state index in [2.05, 4.69) is 4.84 Å². The SMILES string of the molecule is O=C1c2cccc([N+](=O)[O-])c2C(=O)N1OCCl. The molecule has 8 heteroatoms. The Morgan fingerprint density at radius 3 is 2.65 bits per heavy atom. The number of fused-ring (bicyclic) bond motifs is 1. The topological polar surface area (TPSA) is 89.8 Å². The van der Waals surface area contributed by atoms with Crippen molar-refractivity contribution in [3.05, 3.63) is 39.4 Å². The minimum Gasteiger partial charge on any atom is -0.266 e. The summed E-state index contributed by atoms with van der Waals surface area (Å²) < 4.78 is 0. The maximum atomic E-state index is 11.7. The molecule has 1 aliphatic heterocycles. The molecular weight excluding hydrogens is 252 g/mol. The number of alkyl halides is 1. The van der Waals surface area contributed by atoms with Crippen LogP contribution in [0.5, 0.6) is 0 Å². The predicted octanol–water partition coefficient (Wildman–Crippen LogP) is 1.32. The van der Waals surface area contributed by atoms with Gasteiger partial charge in [-0.2, -0.15) is 0 Å². The molecule has 1 aromatic carbocycles. The number of nitrogens with zero attached hydrogens (tertiary/aromatic N) is 2. The molecule has 88 valence electrons. The van der Waals surface area contributed by atoms with Gasteiger partial charge >= 0.3 is 0 Å². The Bertz CT molecular complexity index is 530. The molecule has 0 radical (unpaired) electrons. The minimum absolute atomic E-state index is 0.0608. The molecule has 0 aliphatic carbocycles. The van der Waals surface area contributed by atoms with Gasteiger partial charge in [0, 0.05) is 6.07 Å². The zero-order valence-electron chi connectivity index (χ0n) is 8.25. The number of imide groups is 1. The van der Waals surface area contributed by atoms with Crippen molar-refractivity contribution >= 4 is 29.1 Å². The second-order valence-electron chi connectivity index (χ2n) is 3.10. The van der Waals surface area contributed by atoms with Gasteiger partial charge in [0.15, 0.2) is 0 Å². The number of benzene rings is 1. The highest BCUT2D eigenvalue weighted by Gasteiger charge is 2.42. The number of carbonyl (C=O) groups excluding carboxylic acids is 2. The standard InChI is InChI=1S/C9H5ClN2O5/c10-4-17-11-8(13)5-2-1-3-6(12(15)16)7(5)9(11)14/h1-3H,4H2. The number of amides is 2. The van der Waals surface area contributed by atoms with Crippen LogP contribution in [0.15, 0.2) is 18.2 Å². The van der Waals surface area contributed by atoms with Crippen molar-refractivity contribution in [2.24, 2.45) is 0 Å². The Kier molecular flexibility index (Phi) is 2.78. The quantitative estimate of drug-likeness (QED) is 0.352. The van der Waals surface area contributed by atoms with Crippen molar-refractivity contribution in [1.29, 1.82) is 0 Å². The van der Waals surface area contributed by atoms with Crippen molar-refractivity contribution in [3.8, 4) is 0 Å². The van der Waals surface area contributed by atoms with Crippen LogP contribution in [0.3, 0.4) is 0 Å². The van der Waals surface area contributed by atoms with Gasteiger partial charge in [-0.25, -0.2) is 4.84 Å². The molecule has 0 N–H and O–H groups in total. The summed E-state index contributed by atoms with van der Waals surface area (Å²) in [5.41, 5.74) is -0.761. The second kappa shape index (κ2) is 4.11. The first-order chi connectivity index (χ1) is 8.07. The maximum Gasteiger partial charge on any atom is 0.292 e. The highest BCUT2D eigenvalue weighted by Crippen LogP contribution is 2.30. The van der Waals surface area contributed by atoms with Crippen LogP contribution in [0.2, 0.25) is 0 Å². The fraction of sp³-hybridized carbons (Fsp3) is 0.111. The van der Waals surface area contributed by atoms with E-state index in [1.165, 1.54) is 12.1 Å². The fourth-order valence-electron chi connectivity index (χ4n) is 1.56. The molecule has 2 amide bonds. The number of halogens is 1. The largest absolute Gasteiger partial charge is 0.292 e. The van der Waals surface area contributed by atoms with Crippen molar-refractivity contribution < 1.29 is 19.3 Å². The first-order valence-electron chi connectivity index (χ1n) is 4.43. The molecular formula is C9H5ClN2O5. The highest BCUT2D eigenvalue weighted by atomic mass is 35.5. The number of nitro groups is 1. The van der Waals surface area contributed by atoms with Gasteiger partial charge in [0.2, 0.25) is 0 Å². The zero-order valence-corrected chi connectivity index (χ0v) is 9.01. The summed E-state index contributed by atoms with van der Waals surface area (Å²) in [5.74, 6) is -1.63. The Labute approximate surface area is 99.6 Å². The number of hydrogen-bond donors (Lipinski definition) is 0. The second-order valence-corrected chi connectivity index (χ2v) is 3.32. The number of hydrogen-bond acceptors (Lipinski definition) is 5. The summed E-state index contributed by atoms with van der Waals surface area (Å²) in [6.45, 7) is 0. The lowest BCUT2D eigenvalue weighted by atomic mass is 10.1. The molecule has 1 heterocycles. The summed E-state index contributed by atoms with van der Waals surface area (Å²) in [5, 5.41) is 11.2. The van der Waals surface area contributed by atoms with Crippen LogP contribution in [0.4, 0.5) is 5.69 Å². The van der Waals surface area contributed by atoms with Crippen LogP contribution < -0.4 is 0 Å².